The first-order valence-electron chi connectivity index (χ1n) is 4.43. The third-order valence-corrected chi connectivity index (χ3v) is 1.99. The summed E-state index contributed by atoms with van der Waals surface area (Å²) < 4.78 is 0. The lowest BCUT2D eigenvalue weighted by molar-refractivity contribution is 0.0898. The molecule has 0 spiro atoms. The van der Waals surface area contributed by atoms with E-state index in [1.807, 2.05) is 18.1 Å². The Hall–Kier alpha value is -0.870. The van der Waals surface area contributed by atoms with E-state index >= 15 is 0 Å². The molecule has 4 nitrogen and oxygen atoms in total. The standard InChI is InChI=1S/C9H16N2O2/c1-11-5-4-10-8(6-11)2-3-9(13)7-12/h4-5,9,12-13H,2-3,6-7H2,1H3. The highest BCUT2D eigenvalue weighted by atomic mass is 16.3. The summed E-state index contributed by atoms with van der Waals surface area (Å²) >= 11 is 0. The van der Waals surface area contributed by atoms with Crippen LogP contribution < -0.4 is 0 Å². The monoisotopic (exact) mass is 184 g/mol. The predicted octanol–water partition coefficient (Wildman–Crippen LogP) is -0.0226. The van der Waals surface area contributed by atoms with Crippen molar-refractivity contribution in [2.75, 3.05) is 20.2 Å². The smallest absolute Gasteiger partial charge is 0.0774 e. The molecule has 0 bridgehead atoms. The summed E-state index contributed by atoms with van der Waals surface area (Å²) in [6, 6.07) is 0. The van der Waals surface area contributed by atoms with Gasteiger partial charge in [0.2, 0.25) is 0 Å². The quantitative estimate of drug-likeness (QED) is 0.645. The topological polar surface area (TPSA) is 56.1 Å². The van der Waals surface area contributed by atoms with Crippen LogP contribution in [0.15, 0.2) is 17.4 Å². The van der Waals surface area contributed by atoms with Gasteiger partial charge < -0.3 is 15.1 Å². The fourth-order valence-corrected chi connectivity index (χ4v) is 1.20. The van der Waals surface area contributed by atoms with Crippen LogP contribution in [0.2, 0.25) is 0 Å². The van der Waals surface area contributed by atoms with E-state index < -0.39 is 6.10 Å². The van der Waals surface area contributed by atoms with Crippen LogP contribution in [0.25, 0.3) is 0 Å². The highest BCUT2D eigenvalue weighted by molar-refractivity contribution is 5.87. The number of hydrogen-bond donors (Lipinski definition) is 2. The van der Waals surface area contributed by atoms with E-state index in [0.717, 1.165) is 18.7 Å². The molecule has 0 radical (unpaired) electrons. The molecule has 0 fully saturated rings. The molecule has 0 aromatic heterocycles. The summed E-state index contributed by atoms with van der Waals surface area (Å²) in [4.78, 5) is 6.22. The molecule has 0 aliphatic carbocycles. The number of aliphatic imine (C=N–C) groups is 1. The van der Waals surface area contributed by atoms with Gasteiger partial charge in [-0.1, -0.05) is 0 Å². The Morgan fingerprint density at radius 1 is 1.69 bits per heavy atom. The molecule has 74 valence electrons. The number of aliphatic hydroxyl groups excluding tert-OH is 2. The molecule has 0 amide bonds. The summed E-state index contributed by atoms with van der Waals surface area (Å²) in [5, 5.41) is 17.7. The lowest BCUT2D eigenvalue weighted by atomic mass is 10.1. The SMILES string of the molecule is CN1C=CN=C(CCC(O)CO)C1. The first-order valence-corrected chi connectivity index (χ1v) is 4.43. The Labute approximate surface area is 78.2 Å². The molecule has 0 saturated heterocycles. The van der Waals surface area contributed by atoms with Gasteiger partial charge in [0, 0.05) is 25.2 Å². The molecule has 2 N–H and O–H groups in total. The van der Waals surface area contributed by atoms with Gasteiger partial charge in [0.05, 0.1) is 19.3 Å². The minimum atomic E-state index is -0.612. The fraction of sp³-hybridized carbons (Fsp3) is 0.667. The van der Waals surface area contributed by atoms with Crippen molar-refractivity contribution in [1.82, 2.24) is 4.90 Å². The minimum Gasteiger partial charge on any atom is -0.394 e. The molecule has 0 saturated carbocycles. The third-order valence-electron chi connectivity index (χ3n) is 1.99. The first kappa shape index (κ1) is 10.2. The highest BCUT2D eigenvalue weighted by Crippen LogP contribution is 2.04. The van der Waals surface area contributed by atoms with Crippen LogP contribution in [0.3, 0.4) is 0 Å². The van der Waals surface area contributed by atoms with E-state index in [-0.39, 0.29) is 6.61 Å². The van der Waals surface area contributed by atoms with E-state index in [2.05, 4.69) is 4.99 Å². The Balaban J connectivity index is 2.29. The Bertz CT molecular complexity index is 214. The number of nitrogens with zero attached hydrogens (tertiary/aromatic N) is 2. The average Bonchev–Trinajstić information content (AvgIpc) is 2.14. The molecule has 1 heterocycles. The second-order valence-corrected chi connectivity index (χ2v) is 3.28. The highest BCUT2D eigenvalue weighted by Gasteiger charge is 2.08. The molecule has 0 aromatic carbocycles. The summed E-state index contributed by atoms with van der Waals surface area (Å²) in [6.07, 6.45) is 4.38. The Kier molecular flexibility index (Phi) is 3.92. The molecule has 0 aromatic rings. The molecule has 1 atom stereocenters. The van der Waals surface area contributed by atoms with Gasteiger partial charge in [-0.3, -0.25) is 4.99 Å². The van der Waals surface area contributed by atoms with Crippen LogP contribution in [0.5, 0.6) is 0 Å². The maximum Gasteiger partial charge on any atom is 0.0774 e. The summed E-state index contributed by atoms with van der Waals surface area (Å²) in [5.41, 5.74) is 1.05. The van der Waals surface area contributed by atoms with Crippen LogP contribution in [-0.2, 0) is 0 Å². The second kappa shape index (κ2) is 4.99. The van der Waals surface area contributed by atoms with Crippen molar-refractivity contribution in [1.29, 1.82) is 0 Å². The van der Waals surface area contributed by atoms with Crippen LogP contribution in [0.1, 0.15) is 12.8 Å². The zero-order valence-electron chi connectivity index (χ0n) is 7.85. The number of aliphatic hydroxyl groups is 2. The van der Waals surface area contributed by atoms with Crippen LogP contribution in [-0.4, -0.2) is 47.1 Å². The molecule has 13 heavy (non-hydrogen) atoms. The maximum absolute atomic E-state index is 9.12. The average molecular weight is 184 g/mol. The van der Waals surface area contributed by atoms with E-state index in [4.69, 9.17) is 10.2 Å². The Morgan fingerprint density at radius 2 is 2.46 bits per heavy atom. The molecule has 1 aliphatic rings. The van der Waals surface area contributed by atoms with Crippen molar-refractivity contribution in [3.63, 3.8) is 0 Å². The normalized spacial score (nSPS) is 18.7. The minimum absolute atomic E-state index is 0.168. The molecule has 1 unspecified atom stereocenters. The zero-order valence-corrected chi connectivity index (χ0v) is 7.85. The zero-order chi connectivity index (χ0) is 9.68. The van der Waals surface area contributed by atoms with E-state index in [0.29, 0.717) is 6.42 Å². The fourth-order valence-electron chi connectivity index (χ4n) is 1.20. The predicted molar refractivity (Wildman–Crippen MR) is 51.5 cm³/mol. The third kappa shape index (κ3) is 3.57. The van der Waals surface area contributed by atoms with Crippen LogP contribution in [0.4, 0.5) is 0 Å². The maximum atomic E-state index is 9.12. The number of rotatable bonds is 4. The van der Waals surface area contributed by atoms with Gasteiger partial charge in [0.1, 0.15) is 0 Å². The van der Waals surface area contributed by atoms with Crippen molar-refractivity contribution in [3.8, 4) is 0 Å². The van der Waals surface area contributed by atoms with E-state index in [1.165, 1.54) is 0 Å². The van der Waals surface area contributed by atoms with Gasteiger partial charge in [-0.05, 0) is 12.8 Å². The summed E-state index contributed by atoms with van der Waals surface area (Å²) in [7, 11) is 1.98. The molecule has 1 rings (SSSR count). The lowest BCUT2D eigenvalue weighted by Crippen LogP contribution is -2.25. The second-order valence-electron chi connectivity index (χ2n) is 3.28. The van der Waals surface area contributed by atoms with Crippen molar-refractivity contribution in [3.05, 3.63) is 12.4 Å². The van der Waals surface area contributed by atoms with Gasteiger partial charge in [-0.2, -0.15) is 0 Å². The summed E-state index contributed by atoms with van der Waals surface area (Å²) in [6.45, 7) is 0.646. The van der Waals surface area contributed by atoms with Gasteiger partial charge in [0.25, 0.3) is 0 Å². The molecular weight excluding hydrogens is 168 g/mol. The van der Waals surface area contributed by atoms with E-state index in [9.17, 15) is 0 Å². The van der Waals surface area contributed by atoms with Crippen molar-refractivity contribution in [2.24, 2.45) is 4.99 Å². The van der Waals surface area contributed by atoms with Gasteiger partial charge in [-0.15, -0.1) is 0 Å². The van der Waals surface area contributed by atoms with Gasteiger partial charge in [0.15, 0.2) is 0 Å². The molecule has 4 heteroatoms. The van der Waals surface area contributed by atoms with Gasteiger partial charge >= 0.3 is 0 Å². The largest absolute Gasteiger partial charge is 0.394 e. The van der Waals surface area contributed by atoms with Gasteiger partial charge in [-0.25, -0.2) is 0 Å². The van der Waals surface area contributed by atoms with Crippen molar-refractivity contribution < 1.29 is 10.2 Å². The number of hydrogen-bond acceptors (Lipinski definition) is 4. The van der Waals surface area contributed by atoms with Crippen LogP contribution >= 0.6 is 0 Å². The van der Waals surface area contributed by atoms with Crippen molar-refractivity contribution >= 4 is 5.71 Å². The Morgan fingerprint density at radius 3 is 3.08 bits per heavy atom. The molecular formula is C9H16N2O2. The first-order chi connectivity index (χ1) is 6.22. The van der Waals surface area contributed by atoms with Crippen molar-refractivity contribution in [2.45, 2.75) is 18.9 Å². The molecule has 1 aliphatic heterocycles. The van der Waals surface area contributed by atoms with E-state index in [1.54, 1.807) is 6.20 Å². The van der Waals surface area contributed by atoms with Crippen LogP contribution in [0, 0.1) is 0 Å². The summed E-state index contributed by atoms with van der Waals surface area (Å²) in [5.74, 6) is 0. The lowest BCUT2D eigenvalue weighted by Gasteiger charge is -2.19.